The van der Waals surface area contributed by atoms with Crippen LogP contribution in [0.1, 0.15) is 17.5 Å². The Hall–Kier alpha value is -1.31. The number of rotatable bonds is 5. The second-order valence-corrected chi connectivity index (χ2v) is 6.19. The number of aliphatic hydroxyl groups is 1. The van der Waals surface area contributed by atoms with E-state index in [1.54, 1.807) is 18.5 Å². The van der Waals surface area contributed by atoms with E-state index in [0.717, 1.165) is 24.6 Å². The van der Waals surface area contributed by atoms with E-state index >= 15 is 0 Å². The molecule has 2 atom stereocenters. The Bertz CT molecular complexity index is 679. The Morgan fingerprint density at radius 3 is 2.62 bits per heavy atom. The van der Waals surface area contributed by atoms with Crippen molar-refractivity contribution in [2.24, 2.45) is 0 Å². The number of hydrogen-bond donors (Lipinski definition) is 2. The van der Waals surface area contributed by atoms with Gasteiger partial charge in [0, 0.05) is 44.6 Å². The van der Waals surface area contributed by atoms with Crippen molar-refractivity contribution in [3.63, 3.8) is 0 Å². The monoisotopic (exact) mass is 405 g/mol. The molecule has 4 nitrogen and oxygen atoms in total. The Morgan fingerprint density at radius 1 is 1.15 bits per heavy atom. The van der Waals surface area contributed by atoms with Gasteiger partial charge in [0.15, 0.2) is 11.6 Å². The molecule has 1 aromatic carbocycles. The first-order valence-electron chi connectivity index (χ1n) is 8.08. The molecule has 0 bridgehead atoms. The Kier molecular flexibility index (Phi) is 9.39. The summed E-state index contributed by atoms with van der Waals surface area (Å²) in [4.78, 5) is 6.13. The molecule has 2 aromatic rings. The van der Waals surface area contributed by atoms with Crippen molar-refractivity contribution in [2.45, 2.75) is 31.7 Å². The molecule has 0 unspecified atom stereocenters. The maximum absolute atomic E-state index is 13.3. The normalized spacial score (nSPS) is 20.1. The van der Waals surface area contributed by atoms with Crippen LogP contribution in [0.15, 0.2) is 42.7 Å². The summed E-state index contributed by atoms with van der Waals surface area (Å²) in [5.74, 6) is -1.67. The fraction of sp³-hybridized carbons (Fsp3) is 0.389. The van der Waals surface area contributed by atoms with E-state index < -0.39 is 17.7 Å². The first-order chi connectivity index (χ1) is 11.6. The smallest absolute Gasteiger partial charge is 0.159 e. The highest BCUT2D eigenvalue weighted by molar-refractivity contribution is 5.85. The highest BCUT2D eigenvalue weighted by Crippen LogP contribution is 2.16. The molecule has 1 aliphatic heterocycles. The van der Waals surface area contributed by atoms with Crippen molar-refractivity contribution < 1.29 is 13.9 Å². The Morgan fingerprint density at radius 2 is 1.96 bits per heavy atom. The predicted molar refractivity (Wildman–Crippen MR) is 102 cm³/mol. The van der Waals surface area contributed by atoms with Crippen LogP contribution in [0, 0.1) is 11.6 Å². The third-order valence-electron chi connectivity index (χ3n) is 4.35. The molecule has 2 heterocycles. The summed E-state index contributed by atoms with van der Waals surface area (Å²) in [6.07, 6.45) is 3.83. The van der Waals surface area contributed by atoms with Gasteiger partial charge in [-0.1, -0.05) is 12.1 Å². The lowest BCUT2D eigenvalue weighted by atomic mass is 10.0. The van der Waals surface area contributed by atoms with Crippen LogP contribution in [0.25, 0.3) is 0 Å². The molecule has 1 fully saturated rings. The fourth-order valence-electron chi connectivity index (χ4n) is 3.03. The van der Waals surface area contributed by atoms with E-state index in [4.69, 9.17) is 0 Å². The van der Waals surface area contributed by atoms with Crippen LogP contribution in [0.4, 0.5) is 8.78 Å². The van der Waals surface area contributed by atoms with Crippen LogP contribution >= 0.6 is 24.8 Å². The third-order valence-corrected chi connectivity index (χ3v) is 4.35. The second-order valence-electron chi connectivity index (χ2n) is 6.19. The van der Waals surface area contributed by atoms with Gasteiger partial charge in [-0.3, -0.25) is 9.88 Å². The van der Waals surface area contributed by atoms with Crippen molar-refractivity contribution in [1.29, 1.82) is 0 Å². The van der Waals surface area contributed by atoms with Gasteiger partial charge in [-0.2, -0.15) is 0 Å². The van der Waals surface area contributed by atoms with Gasteiger partial charge in [0.25, 0.3) is 0 Å². The highest BCUT2D eigenvalue weighted by Gasteiger charge is 2.27. The SMILES string of the molecule is Cl.Cl.O[C@@H]1CN(Cc2ccc(F)c(F)c2)CC[C@H]1NCc1cccnc1. The lowest BCUT2D eigenvalue weighted by Crippen LogP contribution is -2.52. The average Bonchev–Trinajstić information content (AvgIpc) is 2.58. The summed E-state index contributed by atoms with van der Waals surface area (Å²) in [5, 5.41) is 13.7. The van der Waals surface area contributed by atoms with Gasteiger partial charge in [0.05, 0.1) is 6.10 Å². The zero-order chi connectivity index (χ0) is 16.9. The maximum atomic E-state index is 13.3. The quantitative estimate of drug-likeness (QED) is 0.802. The number of piperidine rings is 1. The largest absolute Gasteiger partial charge is 0.390 e. The number of aromatic nitrogens is 1. The van der Waals surface area contributed by atoms with Gasteiger partial charge in [0.2, 0.25) is 0 Å². The summed E-state index contributed by atoms with van der Waals surface area (Å²) in [6, 6.07) is 7.84. The number of pyridine rings is 1. The molecule has 2 N–H and O–H groups in total. The van der Waals surface area contributed by atoms with Crippen molar-refractivity contribution >= 4 is 24.8 Å². The van der Waals surface area contributed by atoms with Crippen LogP contribution in [0.3, 0.4) is 0 Å². The molecule has 0 radical (unpaired) electrons. The lowest BCUT2D eigenvalue weighted by Gasteiger charge is -2.36. The zero-order valence-corrected chi connectivity index (χ0v) is 15.8. The van der Waals surface area contributed by atoms with Gasteiger partial charge in [0.1, 0.15) is 0 Å². The molecule has 1 aliphatic rings. The molecule has 0 saturated carbocycles. The first kappa shape index (κ1) is 22.7. The minimum absolute atomic E-state index is 0. The summed E-state index contributed by atoms with van der Waals surface area (Å²) in [6.45, 7) is 2.47. The number of hydrogen-bond acceptors (Lipinski definition) is 4. The molecule has 0 amide bonds. The predicted octanol–water partition coefficient (Wildman–Crippen LogP) is 2.93. The molecule has 26 heavy (non-hydrogen) atoms. The van der Waals surface area contributed by atoms with Crippen molar-refractivity contribution in [3.8, 4) is 0 Å². The van der Waals surface area contributed by atoms with Gasteiger partial charge >= 0.3 is 0 Å². The molecular weight excluding hydrogens is 383 g/mol. The Balaban J connectivity index is 0.00000169. The van der Waals surface area contributed by atoms with Crippen LogP contribution in [0.5, 0.6) is 0 Å². The lowest BCUT2D eigenvalue weighted by molar-refractivity contribution is 0.0364. The summed E-state index contributed by atoms with van der Waals surface area (Å²) in [7, 11) is 0. The van der Waals surface area contributed by atoms with E-state index in [1.807, 2.05) is 12.1 Å². The van der Waals surface area contributed by atoms with Crippen molar-refractivity contribution in [2.75, 3.05) is 13.1 Å². The minimum atomic E-state index is -0.836. The third kappa shape index (κ3) is 6.14. The number of aliphatic hydroxyl groups excluding tert-OH is 1. The molecule has 1 aromatic heterocycles. The maximum Gasteiger partial charge on any atom is 0.159 e. The summed E-state index contributed by atoms with van der Waals surface area (Å²) < 4.78 is 26.2. The van der Waals surface area contributed by atoms with Gasteiger partial charge in [-0.05, 0) is 35.7 Å². The van der Waals surface area contributed by atoms with Crippen LogP contribution in [-0.2, 0) is 13.1 Å². The topological polar surface area (TPSA) is 48.4 Å². The molecule has 8 heteroatoms. The number of nitrogens with zero attached hydrogens (tertiary/aromatic N) is 2. The summed E-state index contributed by atoms with van der Waals surface area (Å²) >= 11 is 0. The first-order valence-corrected chi connectivity index (χ1v) is 8.08. The average molecular weight is 406 g/mol. The van der Waals surface area contributed by atoms with Crippen molar-refractivity contribution in [3.05, 3.63) is 65.5 Å². The second kappa shape index (κ2) is 10.7. The molecule has 0 aliphatic carbocycles. The van der Waals surface area contributed by atoms with Crippen LogP contribution < -0.4 is 5.32 Å². The van der Waals surface area contributed by atoms with E-state index in [0.29, 0.717) is 25.2 Å². The van der Waals surface area contributed by atoms with Gasteiger partial charge in [-0.15, -0.1) is 24.8 Å². The van der Waals surface area contributed by atoms with Gasteiger partial charge < -0.3 is 10.4 Å². The van der Waals surface area contributed by atoms with Crippen LogP contribution in [-0.4, -0.2) is 40.2 Å². The highest BCUT2D eigenvalue weighted by atomic mass is 35.5. The standard InChI is InChI=1S/C18H21F2N3O.2ClH/c19-15-4-3-13(8-16(15)20)11-23-7-5-17(18(24)12-23)22-10-14-2-1-6-21-9-14;;/h1-4,6,8-9,17-18,22,24H,5,7,10-12H2;2*1H/t17-,18-;;/m1../s1. The molecule has 0 spiro atoms. The number of likely N-dealkylation sites (tertiary alicyclic amines) is 1. The molecule has 1 saturated heterocycles. The van der Waals surface area contributed by atoms with E-state index in [-0.39, 0.29) is 30.9 Å². The van der Waals surface area contributed by atoms with E-state index in [2.05, 4.69) is 15.2 Å². The molecular formula is C18H23Cl2F2N3O. The zero-order valence-electron chi connectivity index (χ0n) is 14.1. The van der Waals surface area contributed by atoms with Crippen LogP contribution in [0.2, 0.25) is 0 Å². The summed E-state index contributed by atoms with van der Waals surface area (Å²) in [5.41, 5.74) is 1.79. The van der Waals surface area contributed by atoms with Crippen molar-refractivity contribution in [1.82, 2.24) is 15.2 Å². The number of halogens is 4. The van der Waals surface area contributed by atoms with Gasteiger partial charge in [-0.25, -0.2) is 8.78 Å². The molecule has 3 rings (SSSR count). The van der Waals surface area contributed by atoms with E-state index in [9.17, 15) is 13.9 Å². The number of benzene rings is 1. The Labute approximate surface area is 164 Å². The fourth-order valence-corrected chi connectivity index (χ4v) is 3.03. The minimum Gasteiger partial charge on any atom is -0.390 e. The number of β-amino-alcohol motifs (C(OH)–C–C–N with tert-alkyl or cyclic N) is 1. The van der Waals surface area contributed by atoms with E-state index in [1.165, 1.54) is 6.07 Å². The molecule has 144 valence electrons. The number of nitrogens with one attached hydrogen (secondary N) is 1.